The number of unbranched alkanes of at least 4 members (excludes halogenated alkanes) is 14. The minimum absolute atomic E-state index is 0. The van der Waals surface area contributed by atoms with E-state index in [0.717, 1.165) is 19.3 Å². The summed E-state index contributed by atoms with van der Waals surface area (Å²) in [5, 5.41) is 19.5. The Morgan fingerprint density at radius 2 is 1.17 bits per heavy atom. The molecule has 0 amide bonds. The average Bonchev–Trinajstić information content (AvgIpc) is 2.65. The van der Waals surface area contributed by atoms with Crippen molar-refractivity contribution in [2.75, 3.05) is 0 Å². The van der Waals surface area contributed by atoms with Crippen LogP contribution in [0.4, 0.5) is 0 Å². The first-order valence-corrected chi connectivity index (χ1v) is 11.7. The Bertz CT molecular complexity index is 410. The van der Waals surface area contributed by atoms with Crippen molar-refractivity contribution >= 4 is 11.9 Å². The molecule has 0 radical (unpaired) electrons. The molecule has 0 aliphatic heterocycles. The molecular weight excluding hydrogens is 391 g/mol. The summed E-state index contributed by atoms with van der Waals surface area (Å²) in [6.07, 6.45) is 24.5. The molecule has 0 spiro atoms. The number of carbonyl (C=O) groups is 2. The third-order valence-corrected chi connectivity index (χ3v) is 5.33. The second-order valence-electron chi connectivity index (χ2n) is 8.04. The number of allylic oxidation sites excluding steroid dienone is 2. The number of hydrogen-bond donors (Lipinski definition) is 1. The first-order chi connectivity index (χ1) is 13.6. The van der Waals surface area contributed by atoms with Crippen LogP contribution in [0.2, 0.25) is 0 Å². The molecule has 0 fully saturated rings. The number of rotatable bonds is 21. The van der Waals surface area contributed by atoms with Gasteiger partial charge in [0, 0.05) is 12.4 Å². The molecule has 0 saturated heterocycles. The molecule has 0 heterocycles. The van der Waals surface area contributed by atoms with Crippen molar-refractivity contribution in [3.05, 3.63) is 12.2 Å². The van der Waals surface area contributed by atoms with E-state index in [1.165, 1.54) is 83.5 Å². The van der Waals surface area contributed by atoms with E-state index < -0.39 is 17.9 Å². The Hall–Kier alpha value is 0.316. The maximum Gasteiger partial charge on any atom is 1.00 e. The van der Waals surface area contributed by atoms with Crippen LogP contribution in [0.3, 0.4) is 0 Å². The van der Waals surface area contributed by atoms with Gasteiger partial charge in [0.2, 0.25) is 0 Å². The van der Waals surface area contributed by atoms with Crippen LogP contribution < -0.4 is 56.5 Å². The van der Waals surface area contributed by atoms with Crippen LogP contribution in [0.15, 0.2) is 12.2 Å². The number of hydrogen-bond acceptors (Lipinski definition) is 3. The van der Waals surface area contributed by atoms with E-state index in [0.29, 0.717) is 6.42 Å². The van der Waals surface area contributed by atoms with Gasteiger partial charge in [-0.3, -0.25) is 4.79 Å². The second kappa shape index (κ2) is 24.6. The monoisotopic (exact) mass is 434 g/mol. The molecule has 0 bridgehead atoms. The van der Waals surface area contributed by atoms with Crippen LogP contribution in [-0.2, 0) is 9.59 Å². The van der Waals surface area contributed by atoms with Gasteiger partial charge in [0.05, 0.1) is 5.92 Å². The van der Waals surface area contributed by atoms with Crippen LogP contribution in [-0.4, -0.2) is 17.0 Å². The van der Waals surface area contributed by atoms with Crippen LogP contribution in [0.1, 0.15) is 122 Å². The average molecular weight is 435 g/mol. The number of carboxylic acids is 2. The van der Waals surface area contributed by atoms with Gasteiger partial charge in [0.25, 0.3) is 0 Å². The maximum atomic E-state index is 11.0. The van der Waals surface area contributed by atoms with E-state index >= 15 is 0 Å². The van der Waals surface area contributed by atoms with Gasteiger partial charge in [-0.2, -0.15) is 0 Å². The number of aliphatic carboxylic acids is 2. The number of carboxylic acid groups (broad SMARTS) is 2. The maximum absolute atomic E-state index is 11.0. The number of carbonyl (C=O) groups excluding carboxylic acids is 1. The smallest absolute Gasteiger partial charge is 0.550 e. The van der Waals surface area contributed by atoms with E-state index in [-0.39, 0.29) is 57.8 Å². The van der Waals surface area contributed by atoms with E-state index in [9.17, 15) is 14.7 Å². The summed E-state index contributed by atoms with van der Waals surface area (Å²) in [6.45, 7) is 2.23. The Labute approximate surface area is 221 Å². The van der Waals surface area contributed by atoms with Gasteiger partial charge in [-0.25, -0.2) is 0 Å². The van der Waals surface area contributed by atoms with Crippen molar-refractivity contribution in [1.29, 1.82) is 0 Å². The first-order valence-electron chi connectivity index (χ1n) is 11.7. The van der Waals surface area contributed by atoms with Crippen LogP contribution in [0.5, 0.6) is 0 Å². The molecule has 29 heavy (non-hydrogen) atoms. The van der Waals surface area contributed by atoms with Crippen LogP contribution >= 0.6 is 0 Å². The fourth-order valence-corrected chi connectivity index (χ4v) is 3.49. The summed E-state index contributed by atoms with van der Waals surface area (Å²) in [4.78, 5) is 21.5. The Morgan fingerprint density at radius 1 is 0.759 bits per heavy atom. The first kappa shape index (κ1) is 31.5. The van der Waals surface area contributed by atoms with E-state index in [1.54, 1.807) is 0 Å². The zero-order valence-corrected chi connectivity index (χ0v) is 22.3. The van der Waals surface area contributed by atoms with E-state index in [2.05, 4.69) is 19.1 Å². The predicted molar refractivity (Wildman–Crippen MR) is 114 cm³/mol. The third-order valence-electron chi connectivity index (χ3n) is 5.33. The second-order valence-corrected chi connectivity index (χ2v) is 8.04. The SMILES string of the molecule is CCCC/C=C/CCCCCCCCCCCCCCC(CC(=O)[O-])C(=O)O.[K+]. The Kier molecular flexibility index (Phi) is 26.7. The summed E-state index contributed by atoms with van der Waals surface area (Å²) < 4.78 is 0. The minimum Gasteiger partial charge on any atom is -0.550 e. The van der Waals surface area contributed by atoms with Gasteiger partial charge in [-0.05, 0) is 25.7 Å². The summed E-state index contributed by atoms with van der Waals surface area (Å²) in [5.41, 5.74) is 0. The molecule has 0 aliphatic rings. The Morgan fingerprint density at radius 3 is 1.59 bits per heavy atom. The molecule has 1 unspecified atom stereocenters. The van der Waals surface area contributed by atoms with Crippen molar-refractivity contribution in [3.63, 3.8) is 0 Å². The van der Waals surface area contributed by atoms with Crippen molar-refractivity contribution in [3.8, 4) is 0 Å². The predicted octanol–water partition coefficient (Wildman–Crippen LogP) is 3.04. The molecule has 0 aliphatic carbocycles. The van der Waals surface area contributed by atoms with Crippen molar-refractivity contribution in [2.24, 2.45) is 5.92 Å². The topological polar surface area (TPSA) is 77.4 Å². The molecule has 0 rings (SSSR count). The molecule has 1 N–H and O–H groups in total. The quantitative estimate of drug-likeness (QED) is 0.171. The van der Waals surface area contributed by atoms with Gasteiger partial charge in [0.1, 0.15) is 0 Å². The normalized spacial score (nSPS) is 12.0. The van der Waals surface area contributed by atoms with Crippen LogP contribution in [0.25, 0.3) is 0 Å². The molecule has 1 atom stereocenters. The van der Waals surface area contributed by atoms with Crippen molar-refractivity contribution < 1.29 is 71.2 Å². The fourth-order valence-electron chi connectivity index (χ4n) is 3.49. The summed E-state index contributed by atoms with van der Waals surface area (Å²) in [7, 11) is 0. The summed E-state index contributed by atoms with van der Waals surface area (Å²) in [5.74, 6) is -3.08. The van der Waals surface area contributed by atoms with Crippen molar-refractivity contribution in [1.82, 2.24) is 0 Å². The molecule has 4 nitrogen and oxygen atoms in total. The zero-order valence-electron chi connectivity index (χ0n) is 19.1. The molecule has 164 valence electrons. The van der Waals surface area contributed by atoms with Crippen molar-refractivity contribution in [2.45, 2.75) is 122 Å². The summed E-state index contributed by atoms with van der Waals surface area (Å²) >= 11 is 0. The largest absolute Gasteiger partial charge is 1.00 e. The third kappa shape index (κ3) is 24.5. The molecule has 0 saturated carbocycles. The Balaban J connectivity index is 0. The minimum atomic E-state index is -1.27. The van der Waals surface area contributed by atoms with E-state index in [4.69, 9.17) is 5.11 Å². The molecule has 0 aromatic rings. The molecule has 5 heteroatoms. The van der Waals surface area contributed by atoms with E-state index in [1.807, 2.05) is 0 Å². The van der Waals surface area contributed by atoms with Crippen LogP contribution in [0, 0.1) is 5.92 Å². The van der Waals surface area contributed by atoms with Gasteiger partial charge in [0.15, 0.2) is 0 Å². The zero-order chi connectivity index (χ0) is 20.9. The fraction of sp³-hybridized carbons (Fsp3) is 0.833. The summed E-state index contributed by atoms with van der Waals surface area (Å²) in [6, 6.07) is 0. The van der Waals surface area contributed by atoms with Gasteiger partial charge >= 0.3 is 57.4 Å². The molecule has 0 aromatic heterocycles. The van der Waals surface area contributed by atoms with Gasteiger partial charge in [-0.15, -0.1) is 0 Å². The molecule has 0 aromatic carbocycles. The molecular formula is C24H43KO4. The standard InChI is InChI=1S/C24H44O4.K/c1-2-3-4-5-6-7-8-9-10-11-12-13-14-15-16-17-18-19-20-22(24(27)28)21-23(25)26;/h5-6,22H,2-4,7-21H2,1H3,(H,25,26)(H,27,28);/q;+1/p-1/b6-5+;. The van der Waals surface area contributed by atoms with Gasteiger partial charge in [-0.1, -0.05) is 103 Å². The van der Waals surface area contributed by atoms with Gasteiger partial charge < -0.3 is 15.0 Å².